The van der Waals surface area contributed by atoms with Crippen LogP contribution < -0.4 is 10.1 Å². The molecule has 2 rings (SSSR count). The molecule has 16 heavy (non-hydrogen) atoms. The van der Waals surface area contributed by atoms with E-state index in [9.17, 15) is 4.79 Å². The largest absolute Gasteiger partial charge is 0.465 e. The predicted molar refractivity (Wildman–Crippen MR) is 63.6 cm³/mol. The number of hydrogen-bond acceptors (Lipinski definition) is 2. The van der Waals surface area contributed by atoms with Crippen molar-refractivity contribution in [3.8, 4) is 5.75 Å². The molecule has 0 aromatic heterocycles. The lowest BCUT2D eigenvalue weighted by atomic mass is 10.1. The van der Waals surface area contributed by atoms with E-state index in [2.05, 4.69) is 5.32 Å². The number of benzene rings is 1. The first-order chi connectivity index (χ1) is 7.38. The zero-order valence-corrected chi connectivity index (χ0v) is 10.7. The normalized spacial score (nSPS) is 19.8. The summed E-state index contributed by atoms with van der Waals surface area (Å²) in [5, 5.41) is 2.86. The molecule has 0 spiro atoms. The van der Waals surface area contributed by atoms with Gasteiger partial charge in [-0.1, -0.05) is 46.4 Å². The van der Waals surface area contributed by atoms with E-state index in [0.717, 1.165) is 0 Å². The van der Waals surface area contributed by atoms with Gasteiger partial charge in [0.1, 0.15) is 5.75 Å². The van der Waals surface area contributed by atoms with Gasteiger partial charge < -0.3 is 10.1 Å². The molecule has 0 saturated carbocycles. The summed E-state index contributed by atoms with van der Waals surface area (Å²) >= 11 is 22.7. The zero-order valence-electron chi connectivity index (χ0n) is 7.64. The fourth-order valence-corrected chi connectivity index (χ4v) is 1.75. The Bertz CT molecular complexity index is 444. The van der Waals surface area contributed by atoms with Gasteiger partial charge in [0, 0.05) is 5.02 Å². The smallest absolute Gasteiger partial charge is 0.258 e. The summed E-state index contributed by atoms with van der Waals surface area (Å²) in [6.45, 7) is 0. The number of nitrogens with one attached hydrogen (secondary N) is 1. The Morgan fingerprint density at radius 1 is 1.31 bits per heavy atom. The van der Waals surface area contributed by atoms with Crippen LogP contribution in [-0.2, 0) is 0 Å². The van der Waals surface area contributed by atoms with Gasteiger partial charge in [-0.3, -0.25) is 4.79 Å². The highest BCUT2D eigenvalue weighted by Gasteiger charge is 2.39. The lowest BCUT2D eigenvalue weighted by Gasteiger charge is -2.30. The van der Waals surface area contributed by atoms with Gasteiger partial charge >= 0.3 is 0 Å². The molecule has 1 aliphatic heterocycles. The Morgan fingerprint density at radius 2 is 2.00 bits per heavy atom. The number of ether oxygens (including phenoxy) is 1. The molecule has 0 unspecified atom stereocenters. The molecule has 0 aliphatic carbocycles. The topological polar surface area (TPSA) is 38.3 Å². The van der Waals surface area contributed by atoms with E-state index in [4.69, 9.17) is 51.1 Å². The number of carbonyl (C=O) groups excluding carboxylic acids is 1. The first-order valence-corrected chi connectivity index (χ1v) is 5.73. The van der Waals surface area contributed by atoms with E-state index in [-0.39, 0.29) is 5.91 Å². The summed E-state index contributed by atoms with van der Waals surface area (Å²) in [6, 6.07) is 4.63. The summed E-state index contributed by atoms with van der Waals surface area (Å²) < 4.78 is 3.61. The van der Waals surface area contributed by atoms with Crippen molar-refractivity contribution < 1.29 is 9.53 Å². The van der Waals surface area contributed by atoms with E-state index < -0.39 is 10.0 Å². The Kier molecular flexibility index (Phi) is 3.14. The predicted octanol–water partition coefficient (Wildman–Crippen LogP) is 3.16. The summed E-state index contributed by atoms with van der Waals surface area (Å²) in [4.78, 5) is 11.7. The molecule has 0 fully saturated rings. The minimum Gasteiger partial charge on any atom is -0.465 e. The van der Waals surface area contributed by atoms with E-state index in [1.807, 2.05) is 0 Å². The molecule has 1 amide bonds. The van der Waals surface area contributed by atoms with Crippen molar-refractivity contribution in [1.29, 1.82) is 0 Å². The summed E-state index contributed by atoms with van der Waals surface area (Å²) in [5.41, 5.74) is 0.318. The number of fused-ring (bicyclic) bond motifs is 1. The van der Waals surface area contributed by atoms with Crippen LogP contribution in [0.3, 0.4) is 0 Å². The Morgan fingerprint density at radius 3 is 2.62 bits per heavy atom. The van der Waals surface area contributed by atoms with Crippen molar-refractivity contribution in [2.24, 2.45) is 0 Å². The molecule has 1 aliphatic rings. The van der Waals surface area contributed by atoms with E-state index in [1.165, 1.54) is 6.07 Å². The number of halogens is 4. The van der Waals surface area contributed by atoms with Gasteiger partial charge in [-0.15, -0.1) is 0 Å². The van der Waals surface area contributed by atoms with Crippen molar-refractivity contribution >= 4 is 52.3 Å². The van der Waals surface area contributed by atoms with Crippen LogP contribution in [0.5, 0.6) is 5.75 Å². The van der Waals surface area contributed by atoms with Crippen LogP contribution in [0.1, 0.15) is 10.4 Å². The third-order valence-electron chi connectivity index (χ3n) is 1.99. The maximum absolute atomic E-state index is 11.7. The second-order valence-corrected chi connectivity index (χ2v) is 5.96. The maximum Gasteiger partial charge on any atom is 0.258 e. The van der Waals surface area contributed by atoms with Crippen molar-refractivity contribution in [2.75, 3.05) is 0 Å². The SMILES string of the molecule is O=C1N[C@H](C(Cl)(Cl)Cl)Oc2ccc(Cl)cc21. The average Bonchev–Trinajstić information content (AvgIpc) is 2.17. The number of hydrogen-bond donors (Lipinski definition) is 1. The van der Waals surface area contributed by atoms with Gasteiger partial charge in [0.05, 0.1) is 5.56 Å². The van der Waals surface area contributed by atoms with Crippen LogP contribution in [0, 0.1) is 0 Å². The minimum absolute atomic E-state index is 0.318. The molecular weight excluding hydrogens is 296 g/mol. The van der Waals surface area contributed by atoms with Crippen LogP contribution >= 0.6 is 46.4 Å². The fourth-order valence-electron chi connectivity index (χ4n) is 1.28. The van der Waals surface area contributed by atoms with E-state index in [0.29, 0.717) is 16.3 Å². The van der Waals surface area contributed by atoms with Crippen LogP contribution in [0.4, 0.5) is 0 Å². The monoisotopic (exact) mass is 299 g/mol. The molecule has 0 bridgehead atoms. The molecule has 1 aromatic carbocycles. The molecule has 1 atom stereocenters. The highest BCUT2D eigenvalue weighted by molar-refractivity contribution is 6.68. The molecule has 0 saturated heterocycles. The van der Waals surface area contributed by atoms with Gasteiger partial charge in [0.25, 0.3) is 5.91 Å². The summed E-state index contributed by atoms with van der Waals surface area (Å²) in [7, 11) is 0. The third kappa shape index (κ3) is 2.33. The molecule has 1 heterocycles. The van der Waals surface area contributed by atoms with Crippen molar-refractivity contribution in [3.05, 3.63) is 28.8 Å². The number of amides is 1. The molecular formula is C9H5Cl4NO2. The second-order valence-electron chi connectivity index (χ2n) is 3.15. The summed E-state index contributed by atoms with van der Waals surface area (Å²) in [5.74, 6) is -0.0513. The maximum atomic E-state index is 11.7. The first kappa shape index (κ1) is 12.1. The molecule has 7 heteroatoms. The van der Waals surface area contributed by atoms with Crippen molar-refractivity contribution in [2.45, 2.75) is 10.0 Å². The van der Waals surface area contributed by atoms with Crippen LogP contribution in [-0.4, -0.2) is 15.9 Å². The first-order valence-electron chi connectivity index (χ1n) is 4.22. The molecule has 1 aromatic rings. The van der Waals surface area contributed by atoms with Gasteiger partial charge in [-0.05, 0) is 18.2 Å². The molecule has 3 nitrogen and oxygen atoms in total. The number of carbonyl (C=O) groups is 1. The third-order valence-corrected chi connectivity index (χ3v) is 2.82. The number of rotatable bonds is 0. The van der Waals surface area contributed by atoms with Gasteiger partial charge in [0.2, 0.25) is 10.0 Å². The van der Waals surface area contributed by atoms with Gasteiger partial charge in [0.15, 0.2) is 0 Å². The molecule has 1 N–H and O–H groups in total. The van der Waals surface area contributed by atoms with E-state index >= 15 is 0 Å². The van der Waals surface area contributed by atoms with Gasteiger partial charge in [-0.2, -0.15) is 0 Å². The van der Waals surface area contributed by atoms with Crippen LogP contribution in [0.15, 0.2) is 18.2 Å². The fraction of sp³-hybridized carbons (Fsp3) is 0.222. The van der Waals surface area contributed by atoms with Crippen LogP contribution in [0.25, 0.3) is 0 Å². The Hall–Kier alpha value is -0.350. The summed E-state index contributed by atoms with van der Waals surface area (Å²) in [6.07, 6.45) is -1.02. The van der Waals surface area contributed by atoms with Crippen molar-refractivity contribution in [1.82, 2.24) is 5.32 Å². The van der Waals surface area contributed by atoms with Gasteiger partial charge in [-0.25, -0.2) is 0 Å². The lowest BCUT2D eigenvalue weighted by molar-refractivity contribution is 0.0763. The Balaban J connectivity index is 2.38. The van der Waals surface area contributed by atoms with Crippen molar-refractivity contribution in [3.63, 3.8) is 0 Å². The highest BCUT2D eigenvalue weighted by atomic mass is 35.6. The van der Waals surface area contributed by atoms with Crippen LogP contribution in [0.2, 0.25) is 5.02 Å². The highest BCUT2D eigenvalue weighted by Crippen LogP contribution is 2.36. The lowest BCUT2D eigenvalue weighted by Crippen LogP contribution is -2.50. The Labute approximate surface area is 112 Å². The quantitative estimate of drug-likeness (QED) is 0.748. The number of alkyl halides is 3. The molecule has 0 radical (unpaired) electrons. The standard InChI is InChI=1S/C9H5Cl4NO2/c10-4-1-2-6-5(3-4)7(15)14-8(16-6)9(11,12)13/h1-3,8H,(H,14,15)/t8-/m0/s1. The van der Waals surface area contributed by atoms with E-state index in [1.54, 1.807) is 12.1 Å². The average molecular weight is 301 g/mol. The molecule has 86 valence electrons. The minimum atomic E-state index is -1.73. The second kappa shape index (κ2) is 4.15. The zero-order chi connectivity index (χ0) is 11.9.